The Morgan fingerprint density at radius 2 is 1.82 bits per heavy atom. The molecule has 1 N–H and O–H groups in total. The second kappa shape index (κ2) is 8.44. The van der Waals surface area contributed by atoms with Gasteiger partial charge in [-0.05, 0) is 55.5 Å². The summed E-state index contributed by atoms with van der Waals surface area (Å²) < 4.78 is 0. The van der Waals surface area contributed by atoms with Gasteiger partial charge in [-0.3, -0.25) is 4.79 Å². The Labute approximate surface area is 169 Å². The van der Waals surface area contributed by atoms with E-state index >= 15 is 0 Å². The highest BCUT2D eigenvalue weighted by Gasteiger charge is 2.14. The van der Waals surface area contributed by atoms with Gasteiger partial charge < -0.3 is 10.2 Å². The third kappa shape index (κ3) is 4.02. The van der Waals surface area contributed by atoms with Crippen LogP contribution in [0.3, 0.4) is 0 Å². The van der Waals surface area contributed by atoms with E-state index in [1.165, 1.54) is 12.8 Å². The molecule has 1 aliphatic heterocycles. The first-order chi connectivity index (χ1) is 13.7. The number of carbonyl (C=O) groups is 1. The number of hydrogen-bond donors (Lipinski definition) is 1. The van der Waals surface area contributed by atoms with Crippen molar-refractivity contribution in [1.29, 1.82) is 0 Å². The van der Waals surface area contributed by atoms with Crippen molar-refractivity contribution in [3.8, 4) is 11.3 Å². The Morgan fingerprint density at radius 3 is 2.57 bits per heavy atom. The number of carbonyl (C=O) groups excluding carboxylic acids is 1. The number of aromatic nitrogens is 2. The van der Waals surface area contributed by atoms with Gasteiger partial charge in [0.1, 0.15) is 0 Å². The maximum absolute atomic E-state index is 12.7. The number of nitrogens with zero attached hydrogens (tertiary/aromatic N) is 3. The molecular weight excluding hydrogens is 368 g/mol. The lowest BCUT2D eigenvalue weighted by atomic mass is 10.1. The van der Waals surface area contributed by atoms with Gasteiger partial charge in [0.25, 0.3) is 5.91 Å². The van der Waals surface area contributed by atoms with Gasteiger partial charge in [-0.25, -0.2) is 0 Å². The maximum Gasteiger partial charge on any atom is 0.256 e. The summed E-state index contributed by atoms with van der Waals surface area (Å²) >= 11 is 1.56. The van der Waals surface area contributed by atoms with E-state index in [-0.39, 0.29) is 5.91 Å². The predicted molar refractivity (Wildman–Crippen MR) is 115 cm³/mol. The van der Waals surface area contributed by atoms with Crippen LogP contribution in [0.4, 0.5) is 11.5 Å². The molecule has 1 aromatic heterocycles. The first-order valence-electron chi connectivity index (χ1n) is 9.38. The Balaban J connectivity index is 1.52. The van der Waals surface area contributed by atoms with Gasteiger partial charge in [-0.2, -0.15) is 0 Å². The molecule has 0 atom stereocenters. The van der Waals surface area contributed by atoms with E-state index in [9.17, 15) is 4.79 Å². The molecule has 0 bridgehead atoms. The standard InChI is InChI=1S/C22H22N4OS/c1-28-20-10-3-2-9-18(20)22(27)23-17-8-6-7-16(15-17)19-11-12-21(25-24-19)26-13-4-5-14-26/h2-3,6-12,15H,4-5,13-14H2,1H3,(H,23,27). The maximum atomic E-state index is 12.7. The van der Waals surface area contributed by atoms with Crippen molar-refractivity contribution in [1.82, 2.24) is 10.2 Å². The Hall–Kier alpha value is -2.86. The van der Waals surface area contributed by atoms with Crippen molar-refractivity contribution in [2.45, 2.75) is 17.7 Å². The molecule has 142 valence electrons. The van der Waals surface area contributed by atoms with Crippen molar-refractivity contribution in [3.63, 3.8) is 0 Å². The quantitative estimate of drug-likeness (QED) is 0.639. The highest BCUT2D eigenvalue weighted by molar-refractivity contribution is 7.98. The van der Waals surface area contributed by atoms with E-state index in [1.807, 2.05) is 66.9 Å². The number of rotatable bonds is 5. The smallest absolute Gasteiger partial charge is 0.256 e. The van der Waals surface area contributed by atoms with E-state index in [0.29, 0.717) is 5.56 Å². The Bertz CT molecular complexity index is 968. The molecule has 6 heteroatoms. The van der Waals surface area contributed by atoms with Crippen LogP contribution in [0.15, 0.2) is 65.6 Å². The zero-order valence-corrected chi connectivity index (χ0v) is 16.6. The Morgan fingerprint density at radius 1 is 1.00 bits per heavy atom. The molecule has 1 amide bonds. The first kappa shape index (κ1) is 18.5. The molecule has 4 rings (SSSR count). The number of anilines is 2. The van der Waals surface area contributed by atoms with Crippen molar-refractivity contribution in [3.05, 3.63) is 66.2 Å². The van der Waals surface area contributed by atoms with E-state index in [4.69, 9.17) is 0 Å². The van der Waals surface area contributed by atoms with Gasteiger partial charge in [0.2, 0.25) is 0 Å². The van der Waals surface area contributed by atoms with E-state index < -0.39 is 0 Å². The lowest BCUT2D eigenvalue weighted by Crippen LogP contribution is -2.19. The highest BCUT2D eigenvalue weighted by atomic mass is 32.2. The largest absolute Gasteiger partial charge is 0.355 e. The predicted octanol–water partition coefficient (Wildman–Crippen LogP) is 4.72. The number of nitrogens with one attached hydrogen (secondary N) is 1. The molecule has 2 heterocycles. The summed E-state index contributed by atoms with van der Waals surface area (Å²) in [5.41, 5.74) is 3.14. The van der Waals surface area contributed by atoms with Crippen molar-refractivity contribution in [2.24, 2.45) is 0 Å². The van der Waals surface area contributed by atoms with Crippen LogP contribution in [0.2, 0.25) is 0 Å². The molecule has 1 saturated heterocycles. The zero-order valence-electron chi connectivity index (χ0n) is 15.8. The van der Waals surface area contributed by atoms with E-state index in [1.54, 1.807) is 11.8 Å². The molecule has 1 aliphatic rings. The Kier molecular flexibility index (Phi) is 5.58. The molecule has 0 aliphatic carbocycles. The first-order valence-corrected chi connectivity index (χ1v) is 10.6. The fraction of sp³-hybridized carbons (Fsp3) is 0.227. The molecule has 5 nitrogen and oxygen atoms in total. The average Bonchev–Trinajstić information content (AvgIpc) is 3.29. The summed E-state index contributed by atoms with van der Waals surface area (Å²) in [6.07, 6.45) is 4.40. The van der Waals surface area contributed by atoms with E-state index in [0.717, 1.165) is 40.7 Å². The van der Waals surface area contributed by atoms with Gasteiger partial charge in [-0.1, -0.05) is 24.3 Å². The van der Waals surface area contributed by atoms with Gasteiger partial charge in [0, 0.05) is 29.2 Å². The van der Waals surface area contributed by atoms with Crippen LogP contribution in [0.1, 0.15) is 23.2 Å². The average molecular weight is 391 g/mol. The fourth-order valence-electron chi connectivity index (χ4n) is 3.38. The van der Waals surface area contributed by atoms with Crippen LogP contribution in [0.25, 0.3) is 11.3 Å². The van der Waals surface area contributed by atoms with Gasteiger partial charge >= 0.3 is 0 Å². The summed E-state index contributed by atoms with van der Waals surface area (Å²) in [4.78, 5) is 15.9. The topological polar surface area (TPSA) is 58.1 Å². The minimum atomic E-state index is -0.113. The minimum Gasteiger partial charge on any atom is -0.355 e. The molecule has 1 fully saturated rings. The van der Waals surface area contributed by atoms with Crippen LogP contribution in [0.5, 0.6) is 0 Å². The molecule has 28 heavy (non-hydrogen) atoms. The van der Waals surface area contributed by atoms with Gasteiger partial charge in [0.05, 0.1) is 11.3 Å². The molecule has 2 aromatic carbocycles. The molecule has 0 saturated carbocycles. The van der Waals surface area contributed by atoms with Crippen LogP contribution in [0, 0.1) is 0 Å². The lowest BCUT2D eigenvalue weighted by Gasteiger charge is -2.15. The number of benzene rings is 2. The molecule has 3 aromatic rings. The molecular formula is C22H22N4OS. The monoisotopic (exact) mass is 390 g/mol. The fourth-order valence-corrected chi connectivity index (χ4v) is 3.98. The van der Waals surface area contributed by atoms with Crippen LogP contribution < -0.4 is 10.2 Å². The van der Waals surface area contributed by atoms with Crippen LogP contribution in [-0.2, 0) is 0 Å². The molecule has 0 unspecified atom stereocenters. The van der Waals surface area contributed by atoms with Gasteiger partial charge in [-0.15, -0.1) is 22.0 Å². The number of hydrogen-bond acceptors (Lipinski definition) is 5. The number of thioether (sulfide) groups is 1. The SMILES string of the molecule is CSc1ccccc1C(=O)Nc1cccc(-c2ccc(N3CCCC3)nn2)c1. The second-order valence-electron chi connectivity index (χ2n) is 6.71. The normalized spacial score (nSPS) is 13.5. The third-order valence-electron chi connectivity index (χ3n) is 4.85. The highest BCUT2D eigenvalue weighted by Crippen LogP contribution is 2.25. The zero-order chi connectivity index (χ0) is 19.3. The lowest BCUT2D eigenvalue weighted by molar-refractivity contribution is 0.102. The van der Waals surface area contributed by atoms with Crippen molar-refractivity contribution in [2.75, 3.05) is 29.6 Å². The summed E-state index contributed by atoms with van der Waals surface area (Å²) in [7, 11) is 0. The minimum absolute atomic E-state index is 0.113. The van der Waals surface area contributed by atoms with Crippen LogP contribution >= 0.6 is 11.8 Å². The van der Waals surface area contributed by atoms with E-state index in [2.05, 4.69) is 20.4 Å². The van der Waals surface area contributed by atoms with Crippen molar-refractivity contribution >= 4 is 29.2 Å². The summed E-state index contributed by atoms with van der Waals surface area (Å²) in [6, 6.07) is 19.3. The third-order valence-corrected chi connectivity index (χ3v) is 5.64. The second-order valence-corrected chi connectivity index (χ2v) is 7.55. The summed E-state index contributed by atoms with van der Waals surface area (Å²) in [5.74, 6) is 0.817. The molecule has 0 radical (unpaired) electrons. The van der Waals surface area contributed by atoms with Crippen molar-refractivity contribution < 1.29 is 4.79 Å². The summed E-state index contributed by atoms with van der Waals surface area (Å²) in [6.45, 7) is 2.10. The van der Waals surface area contributed by atoms with Crippen LogP contribution in [-0.4, -0.2) is 35.4 Å². The number of amides is 1. The summed E-state index contributed by atoms with van der Waals surface area (Å²) in [5, 5.41) is 11.8. The van der Waals surface area contributed by atoms with Gasteiger partial charge in [0.15, 0.2) is 5.82 Å². The molecule has 0 spiro atoms.